The maximum atomic E-state index is 12.4. The highest BCUT2D eigenvalue weighted by molar-refractivity contribution is 7.92. The van der Waals surface area contributed by atoms with Crippen LogP contribution in [0.15, 0.2) is 48.5 Å². The Labute approximate surface area is 159 Å². The lowest BCUT2D eigenvalue weighted by molar-refractivity contribution is -0.114. The molecule has 0 fully saturated rings. The van der Waals surface area contributed by atoms with Gasteiger partial charge in [-0.2, -0.15) is 0 Å². The average molecular weight is 390 g/mol. The minimum Gasteiger partial charge on any atom is -0.465 e. The molecule has 0 aliphatic carbocycles. The molecule has 8 heteroatoms. The largest absolute Gasteiger partial charge is 0.465 e. The molecule has 1 amide bonds. The highest BCUT2D eigenvalue weighted by Gasteiger charge is 2.25. The van der Waals surface area contributed by atoms with Gasteiger partial charge in [-0.25, -0.2) is 13.2 Å². The van der Waals surface area contributed by atoms with E-state index in [1.54, 1.807) is 24.3 Å². The van der Waals surface area contributed by atoms with Crippen LogP contribution in [0, 0.1) is 0 Å². The fourth-order valence-electron chi connectivity index (χ4n) is 2.51. The maximum absolute atomic E-state index is 12.4. The Morgan fingerprint density at radius 2 is 1.70 bits per heavy atom. The summed E-state index contributed by atoms with van der Waals surface area (Å²) < 4.78 is 30.1. The zero-order valence-electron chi connectivity index (χ0n) is 15.4. The van der Waals surface area contributed by atoms with Crippen molar-refractivity contribution in [2.75, 3.05) is 29.5 Å². The van der Waals surface area contributed by atoms with Crippen molar-refractivity contribution in [2.45, 2.75) is 13.3 Å². The van der Waals surface area contributed by atoms with Crippen molar-refractivity contribution in [3.63, 3.8) is 0 Å². The van der Waals surface area contributed by atoms with E-state index >= 15 is 0 Å². The molecule has 0 aliphatic rings. The molecule has 1 N–H and O–H groups in total. The van der Waals surface area contributed by atoms with Crippen molar-refractivity contribution in [2.24, 2.45) is 0 Å². The smallest absolute Gasteiger partial charge is 0.340 e. The molecule has 0 bridgehead atoms. The van der Waals surface area contributed by atoms with Crippen LogP contribution in [-0.2, 0) is 26.0 Å². The van der Waals surface area contributed by atoms with E-state index in [4.69, 9.17) is 4.74 Å². The van der Waals surface area contributed by atoms with Gasteiger partial charge in [0.15, 0.2) is 0 Å². The van der Waals surface area contributed by atoms with Crippen molar-refractivity contribution < 1.29 is 22.7 Å². The summed E-state index contributed by atoms with van der Waals surface area (Å²) in [5.41, 5.74) is 1.83. The predicted octanol–water partition coefficient (Wildman–Crippen LogP) is 2.44. The number of carbonyl (C=O) groups is 2. The van der Waals surface area contributed by atoms with Crippen molar-refractivity contribution in [1.82, 2.24) is 0 Å². The van der Waals surface area contributed by atoms with E-state index in [-0.39, 0.29) is 11.3 Å². The Bertz CT molecular complexity index is 923. The zero-order chi connectivity index (χ0) is 20.0. The van der Waals surface area contributed by atoms with Crippen molar-refractivity contribution in [3.8, 4) is 0 Å². The molecule has 2 aromatic rings. The molecule has 0 unspecified atom stereocenters. The molecule has 0 saturated heterocycles. The second kappa shape index (κ2) is 8.68. The zero-order valence-corrected chi connectivity index (χ0v) is 16.2. The molecular formula is C19H22N2O5S. The molecule has 0 spiro atoms. The number of rotatable bonds is 7. The summed E-state index contributed by atoms with van der Waals surface area (Å²) in [6.07, 6.45) is 1.85. The number of nitrogens with one attached hydrogen (secondary N) is 1. The number of para-hydroxylation sites is 1. The number of hydrogen-bond acceptors (Lipinski definition) is 5. The lowest BCUT2D eigenvalue weighted by atomic mass is 10.1. The van der Waals surface area contributed by atoms with Gasteiger partial charge in [0.2, 0.25) is 15.9 Å². The standard InChI is InChI=1S/C19H22N2O5S/c1-4-14-9-11-15(12-10-14)20-18(22)13-21(27(3,24)25)17-8-6-5-7-16(17)19(23)26-2/h5-12H,4,13H2,1-3H3,(H,20,22). The number of carbonyl (C=O) groups excluding carboxylic acids is 2. The van der Waals surface area contributed by atoms with Crippen molar-refractivity contribution >= 4 is 33.3 Å². The van der Waals surface area contributed by atoms with E-state index < -0.39 is 28.4 Å². The first-order valence-corrected chi connectivity index (χ1v) is 10.1. The fraction of sp³-hybridized carbons (Fsp3) is 0.263. The summed E-state index contributed by atoms with van der Waals surface area (Å²) in [4.78, 5) is 24.4. The first kappa shape index (κ1) is 20.4. The molecule has 2 rings (SSSR count). The van der Waals surface area contributed by atoms with Crippen molar-refractivity contribution in [1.29, 1.82) is 0 Å². The first-order chi connectivity index (χ1) is 12.8. The number of hydrogen-bond donors (Lipinski definition) is 1. The van der Waals surface area contributed by atoms with Gasteiger partial charge in [-0.05, 0) is 36.2 Å². The Morgan fingerprint density at radius 1 is 1.07 bits per heavy atom. The third kappa shape index (κ3) is 5.30. The number of nitrogens with zero attached hydrogens (tertiary/aromatic N) is 1. The number of amides is 1. The molecule has 0 saturated carbocycles. The molecule has 0 atom stereocenters. The van der Waals surface area contributed by atoms with E-state index in [0.717, 1.165) is 22.5 Å². The van der Waals surface area contributed by atoms with Gasteiger partial charge in [0.1, 0.15) is 6.54 Å². The van der Waals surface area contributed by atoms with Crippen LogP contribution in [0.4, 0.5) is 11.4 Å². The van der Waals surface area contributed by atoms with Gasteiger partial charge in [0.25, 0.3) is 0 Å². The number of sulfonamides is 1. The average Bonchev–Trinajstić information content (AvgIpc) is 2.65. The monoisotopic (exact) mass is 390 g/mol. The van der Waals surface area contributed by atoms with Crippen LogP contribution in [0.3, 0.4) is 0 Å². The van der Waals surface area contributed by atoms with Crippen LogP contribution in [0.5, 0.6) is 0 Å². The van der Waals surface area contributed by atoms with Gasteiger partial charge in [-0.15, -0.1) is 0 Å². The Hall–Kier alpha value is -2.87. The lowest BCUT2D eigenvalue weighted by Gasteiger charge is -2.23. The minimum atomic E-state index is -3.82. The topological polar surface area (TPSA) is 92.8 Å². The molecular weight excluding hydrogens is 368 g/mol. The highest BCUT2D eigenvalue weighted by Crippen LogP contribution is 2.23. The molecule has 0 aliphatic heterocycles. The van der Waals surface area contributed by atoms with E-state index in [2.05, 4.69) is 5.32 Å². The summed E-state index contributed by atoms with van der Waals surface area (Å²) in [6.45, 7) is 1.55. The Balaban J connectivity index is 2.28. The number of aryl methyl sites for hydroxylation is 1. The van der Waals surface area contributed by atoms with Gasteiger partial charge in [0, 0.05) is 5.69 Å². The highest BCUT2D eigenvalue weighted by atomic mass is 32.2. The van der Waals surface area contributed by atoms with E-state index in [9.17, 15) is 18.0 Å². The summed E-state index contributed by atoms with van der Waals surface area (Å²) >= 11 is 0. The minimum absolute atomic E-state index is 0.0607. The van der Waals surface area contributed by atoms with Gasteiger partial charge >= 0.3 is 5.97 Å². The number of ether oxygens (including phenoxy) is 1. The maximum Gasteiger partial charge on any atom is 0.340 e. The molecule has 0 aromatic heterocycles. The number of anilines is 2. The summed E-state index contributed by atoms with van der Waals surface area (Å²) in [5.74, 6) is -1.21. The van der Waals surface area contributed by atoms with Crippen LogP contribution < -0.4 is 9.62 Å². The third-order valence-electron chi connectivity index (χ3n) is 3.91. The molecule has 0 radical (unpaired) electrons. The van der Waals surface area contributed by atoms with Gasteiger partial charge in [0.05, 0.1) is 24.6 Å². The molecule has 144 valence electrons. The molecule has 27 heavy (non-hydrogen) atoms. The predicted molar refractivity (Wildman–Crippen MR) is 104 cm³/mol. The van der Waals surface area contributed by atoms with Crippen LogP contribution in [0.2, 0.25) is 0 Å². The van der Waals surface area contributed by atoms with Gasteiger partial charge in [-0.3, -0.25) is 9.10 Å². The van der Waals surface area contributed by atoms with Crippen LogP contribution >= 0.6 is 0 Å². The molecule has 0 heterocycles. The van der Waals surface area contributed by atoms with Crippen molar-refractivity contribution in [3.05, 3.63) is 59.7 Å². The normalized spacial score (nSPS) is 10.9. The Morgan fingerprint density at radius 3 is 2.26 bits per heavy atom. The van der Waals surface area contributed by atoms with Gasteiger partial charge in [-0.1, -0.05) is 31.2 Å². The molecule has 2 aromatic carbocycles. The lowest BCUT2D eigenvalue weighted by Crippen LogP contribution is -2.38. The number of benzene rings is 2. The summed E-state index contributed by atoms with van der Waals surface area (Å²) in [7, 11) is -2.61. The van der Waals surface area contributed by atoms with Crippen LogP contribution in [0.1, 0.15) is 22.8 Å². The fourth-order valence-corrected chi connectivity index (χ4v) is 3.38. The third-order valence-corrected chi connectivity index (χ3v) is 5.04. The SMILES string of the molecule is CCc1ccc(NC(=O)CN(c2ccccc2C(=O)OC)S(C)(=O)=O)cc1. The second-order valence-corrected chi connectivity index (χ2v) is 7.78. The van der Waals surface area contributed by atoms with E-state index in [1.165, 1.54) is 19.2 Å². The number of methoxy groups -OCH3 is 1. The van der Waals surface area contributed by atoms with E-state index in [0.29, 0.717) is 5.69 Å². The summed E-state index contributed by atoms with van der Waals surface area (Å²) in [5, 5.41) is 2.67. The van der Waals surface area contributed by atoms with Crippen LogP contribution in [-0.4, -0.2) is 40.2 Å². The quantitative estimate of drug-likeness (QED) is 0.733. The molecule has 7 nitrogen and oxygen atoms in total. The van der Waals surface area contributed by atoms with E-state index in [1.807, 2.05) is 19.1 Å². The Kier molecular flexibility index (Phi) is 6.57. The first-order valence-electron chi connectivity index (χ1n) is 8.30. The summed E-state index contributed by atoms with van der Waals surface area (Å²) in [6, 6.07) is 13.4. The van der Waals surface area contributed by atoms with Crippen LogP contribution in [0.25, 0.3) is 0 Å². The number of esters is 1. The second-order valence-electron chi connectivity index (χ2n) is 5.88. The van der Waals surface area contributed by atoms with Gasteiger partial charge < -0.3 is 10.1 Å².